The number of hydrogen-bond acceptors (Lipinski definition) is 8. The molecular formula is C25H34Cl2FN5O4S2. The van der Waals surface area contributed by atoms with Crippen LogP contribution < -0.4 is 8.61 Å². The van der Waals surface area contributed by atoms with Crippen molar-refractivity contribution in [2.24, 2.45) is 0 Å². The van der Waals surface area contributed by atoms with Gasteiger partial charge < -0.3 is 4.90 Å². The van der Waals surface area contributed by atoms with Gasteiger partial charge in [0.15, 0.2) is 0 Å². The number of nitrogens with zero attached hydrogens (tertiary/aromatic N) is 5. The summed E-state index contributed by atoms with van der Waals surface area (Å²) in [6.45, 7) is 6.67. The Morgan fingerprint density at radius 1 is 1.03 bits per heavy atom. The molecule has 1 aromatic heterocycles. The van der Waals surface area contributed by atoms with Gasteiger partial charge in [-0.3, -0.25) is 9.80 Å². The molecule has 3 heterocycles. The maximum Gasteiger partial charge on any atom is 0.245 e. The Balaban J connectivity index is 1.40. The van der Waals surface area contributed by atoms with Crippen LogP contribution in [-0.4, -0.2) is 88.9 Å². The van der Waals surface area contributed by atoms with Crippen molar-refractivity contribution < 1.29 is 21.2 Å². The fraction of sp³-hybridized carbons (Fsp3) is 0.560. The molecular weight excluding hydrogens is 588 g/mol. The van der Waals surface area contributed by atoms with Crippen molar-refractivity contribution in [3.63, 3.8) is 0 Å². The Bertz CT molecular complexity index is 1370. The van der Waals surface area contributed by atoms with Crippen LogP contribution in [0.15, 0.2) is 30.5 Å². The quantitative estimate of drug-likeness (QED) is 0.439. The number of halogens is 3. The molecule has 0 amide bonds. The van der Waals surface area contributed by atoms with Crippen molar-refractivity contribution in [3.8, 4) is 0 Å². The average Bonchev–Trinajstić information content (AvgIpc) is 2.84. The summed E-state index contributed by atoms with van der Waals surface area (Å²) < 4.78 is 63.1. The molecule has 0 spiro atoms. The Hall–Kier alpha value is -1.70. The number of anilines is 2. The van der Waals surface area contributed by atoms with Crippen LogP contribution in [0.25, 0.3) is 0 Å². The second kappa shape index (κ2) is 12.0. The van der Waals surface area contributed by atoms with Crippen LogP contribution in [0.2, 0.25) is 10.0 Å². The zero-order valence-corrected chi connectivity index (χ0v) is 25.4. The molecule has 9 nitrogen and oxygen atoms in total. The van der Waals surface area contributed by atoms with E-state index in [-0.39, 0.29) is 22.6 Å². The third kappa shape index (κ3) is 7.15. The van der Waals surface area contributed by atoms with Crippen LogP contribution in [-0.2, 0) is 26.6 Å². The van der Waals surface area contributed by atoms with Crippen molar-refractivity contribution in [1.29, 1.82) is 0 Å². The molecule has 14 heteroatoms. The van der Waals surface area contributed by atoms with Gasteiger partial charge in [0, 0.05) is 48.8 Å². The molecule has 216 valence electrons. The molecule has 0 N–H and O–H groups in total. The first-order valence-electron chi connectivity index (χ1n) is 12.8. The van der Waals surface area contributed by atoms with Crippen LogP contribution in [0.1, 0.15) is 31.7 Å². The van der Waals surface area contributed by atoms with E-state index in [4.69, 9.17) is 23.2 Å². The lowest BCUT2D eigenvalue weighted by Crippen LogP contribution is -2.58. The summed E-state index contributed by atoms with van der Waals surface area (Å²) in [5.41, 5.74) is 0.536. The summed E-state index contributed by atoms with van der Waals surface area (Å²) in [4.78, 5) is 11.3. The third-order valence-electron chi connectivity index (χ3n) is 7.35. The highest BCUT2D eigenvalue weighted by Gasteiger charge is 2.35. The van der Waals surface area contributed by atoms with Crippen molar-refractivity contribution in [1.82, 2.24) is 14.8 Å². The van der Waals surface area contributed by atoms with Crippen LogP contribution >= 0.6 is 23.2 Å². The smallest absolute Gasteiger partial charge is 0.245 e. The summed E-state index contributed by atoms with van der Waals surface area (Å²) in [5, 5.41) is 0.591. The SMILES string of the molecule is CC[C@H]1CN(c2ncc(N(S(C)(=O)=O)S(C)(=O)=O)cc2Cl)CCN1C1CCN(Cc2ccc(Cl)cc2F)CC1. The van der Waals surface area contributed by atoms with E-state index >= 15 is 0 Å². The minimum Gasteiger partial charge on any atom is -0.353 e. The van der Waals surface area contributed by atoms with E-state index in [1.807, 2.05) is 0 Å². The topological polar surface area (TPSA) is 94.1 Å². The fourth-order valence-corrected chi connectivity index (χ4v) is 8.96. The zero-order valence-electron chi connectivity index (χ0n) is 22.2. The van der Waals surface area contributed by atoms with Crippen molar-refractivity contribution >= 4 is 54.8 Å². The molecule has 0 aliphatic carbocycles. The van der Waals surface area contributed by atoms with Gasteiger partial charge in [0.1, 0.15) is 11.6 Å². The molecule has 2 fully saturated rings. The lowest BCUT2D eigenvalue weighted by atomic mass is 9.97. The zero-order chi connectivity index (χ0) is 28.5. The van der Waals surface area contributed by atoms with Crippen molar-refractivity contribution in [2.45, 2.75) is 44.8 Å². The number of benzene rings is 1. The van der Waals surface area contributed by atoms with Crippen LogP contribution in [0.4, 0.5) is 15.9 Å². The highest BCUT2D eigenvalue weighted by molar-refractivity contribution is 8.09. The summed E-state index contributed by atoms with van der Waals surface area (Å²) in [7, 11) is -8.18. The molecule has 0 radical (unpaired) electrons. The number of hydrogen-bond donors (Lipinski definition) is 0. The fourth-order valence-electron chi connectivity index (χ4n) is 5.59. The summed E-state index contributed by atoms with van der Waals surface area (Å²) >= 11 is 12.4. The van der Waals surface area contributed by atoms with E-state index < -0.39 is 20.0 Å². The molecule has 1 atom stereocenters. The molecule has 2 aliphatic rings. The number of piperidine rings is 1. The third-order valence-corrected chi connectivity index (χ3v) is 11.1. The largest absolute Gasteiger partial charge is 0.353 e. The predicted octanol–water partition coefficient (Wildman–Crippen LogP) is 3.82. The molecule has 1 aromatic carbocycles. The number of rotatable bonds is 8. The van der Waals surface area contributed by atoms with Gasteiger partial charge in [-0.25, -0.2) is 26.2 Å². The van der Waals surface area contributed by atoms with E-state index in [2.05, 4.69) is 26.6 Å². The van der Waals surface area contributed by atoms with E-state index in [9.17, 15) is 21.2 Å². The molecule has 0 saturated carbocycles. The van der Waals surface area contributed by atoms with E-state index in [1.165, 1.54) is 18.3 Å². The highest BCUT2D eigenvalue weighted by Crippen LogP contribution is 2.33. The number of likely N-dealkylation sites (tertiary alicyclic amines) is 1. The molecule has 39 heavy (non-hydrogen) atoms. The van der Waals surface area contributed by atoms with Gasteiger partial charge >= 0.3 is 0 Å². The van der Waals surface area contributed by atoms with Gasteiger partial charge in [0.05, 0.1) is 29.4 Å². The molecule has 2 saturated heterocycles. The van der Waals surface area contributed by atoms with Crippen LogP contribution in [0, 0.1) is 5.82 Å². The number of pyridine rings is 1. The summed E-state index contributed by atoms with van der Waals surface area (Å²) in [5.74, 6) is 0.229. The first kappa shape index (κ1) is 30.3. The van der Waals surface area contributed by atoms with Gasteiger partial charge in [0.25, 0.3) is 0 Å². The lowest BCUT2D eigenvalue weighted by molar-refractivity contribution is 0.0607. The van der Waals surface area contributed by atoms with Gasteiger partial charge in [-0.1, -0.05) is 36.2 Å². The minimum absolute atomic E-state index is 0.121. The monoisotopic (exact) mass is 621 g/mol. The second-order valence-electron chi connectivity index (χ2n) is 10.2. The predicted molar refractivity (Wildman–Crippen MR) is 154 cm³/mol. The maximum absolute atomic E-state index is 14.2. The number of aromatic nitrogens is 1. The molecule has 4 rings (SSSR count). The molecule has 0 bridgehead atoms. The minimum atomic E-state index is -4.09. The molecule has 2 aliphatic heterocycles. The molecule has 0 unspecified atom stereocenters. The Morgan fingerprint density at radius 3 is 2.26 bits per heavy atom. The van der Waals surface area contributed by atoms with Gasteiger partial charge in [0.2, 0.25) is 20.0 Å². The van der Waals surface area contributed by atoms with Crippen LogP contribution in [0.5, 0.6) is 0 Å². The summed E-state index contributed by atoms with van der Waals surface area (Å²) in [6.07, 6.45) is 5.79. The number of sulfonamides is 2. The van der Waals surface area contributed by atoms with E-state index in [0.29, 0.717) is 45.8 Å². The maximum atomic E-state index is 14.2. The second-order valence-corrected chi connectivity index (χ2v) is 14.9. The van der Waals surface area contributed by atoms with E-state index in [1.54, 1.807) is 12.1 Å². The standard InChI is InChI=1S/C25H34Cl2FN5O4S2/c1-4-20-17-31(25-23(27)14-22(15-29-25)33(38(2,34)35)39(3,36)37)11-12-32(20)21-7-9-30(10-8-21)16-18-5-6-19(26)13-24(18)28/h5-6,13-15,20-21H,4,7-12,16-17H2,1-3H3/t20-/m0/s1. The van der Waals surface area contributed by atoms with Gasteiger partial charge in [-0.15, -0.1) is 0 Å². The summed E-state index contributed by atoms with van der Waals surface area (Å²) in [6, 6.07) is 6.86. The average molecular weight is 623 g/mol. The van der Waals surface area contributed by atoms with Gasteiger partial charge in [-0.05, 0) is 50.6 Å². The van der Waals surface area contributed by atoms with Gasteiger partial charge in [-0.2, -0.15) is 3.71 Å². The van der Waals surface area contributed by atoms with Crippen molar-refractivity contribution in [3.05, 3.63) is 51.9 Å². The first-order chi connectivity index (χ1) is 18.3. The lowest BCUT2D eigenvalue weighted by Gasteiger charge is -2.47. The number of piperazine rings is 1. The first-order valence-corrected chi connectivity index (χ1v) is 17.3. The normalized spacial score (nSPS) is 20.4. The Labute approximate surface area is 240 Å². The Kier molecular flexibility index (Phi) is 9.34. The van der Waals surface area contributed by atoms with Crippen LogP contribution in [0.3, 0.4) is 0 Å². The van der Waals surface area contributed by atoms with E-state index in [0.717, 1.165) is 51.4 Å². The molecule has 2 aromatic rings. The Morgan fingerprint density at radius 2 is 1.69 bits per heavy atom. The highest BCUT2D eigenvalue weighted by atomic mass is 35.5. The van der Waals surface area contributed by atoms with Crippen molar-refractivity contribution in [2.75, 3.05) is 53.8 Å².